The van der Waals surface area contributed by atoms with Gasteiger partial charge in [-0.15, -0.1) is 0 Å². The summed E-state index contributed by atoms with van der Waals surface area (Å²) >= 11 is 0.948. The highest BCUT2D eigenvalue weighted by atomic mass is 32.1. The van der Waals surface area contributed by atoms with E-state index in [9.17, 15) is 20.2 Å². The van der Waals surface area contributed by atoms with Gasteiger partial charge in [0.15, 0.2) is 0 Å². The number of rotatable bonds is 2. The van der Waals surface area contributed by atoms with Gasteiger partial charge in [-0.1, -0.05) is 0 Å². The van der Waals surface area contributed by atoms with Crippen molar-refractivity contribution in [3.63, 3.8) is 0 Å². The zero-order chi connectivity index (χ0) is 11.0. The Morgan fingerprint density at radius 2 is 1.93 bits per heavy atom. The largest absolute Gasteiger partial charge is 0.295 e. The lowest BCUT2D eigenvalue weighted by Crippen LogP contribution is -1.92. The summed E-state index contributed by atoms with van der Waals surface area (Å²) in [7, 11) is 0. The minimum absolute atomic E-state index is 0.276. The molecule has 1 aromatic carbocycles. The topological polar surface area (TPSA) is 99.2 Å². The van der Waals surface area contributed by atoms with Crippen LogP contribution in [0.1, 0.15) is 0 Å². The van der Waals surface area contributed by atoms with Crippen LogP contribution in [0.5, 0.6) is 0 Å². The molecule has 0 aliphatic carbocycles. The van der Waals surface area contributed by atoms with Crippen LogP contribution in [0.3, 0.4) is 0 Å². The van der Waals surface area contributed by atoms with Crippen molar-refractivity contribution in [3.8, 4) is 0 Å². The summed E-state index contributed by atoms with van der Waals surface area (Å²) in [5, 5.41) is 21.6. The van der Waals surface area contributed by atoms with E-state index in [1.54, 1.807) is 0 Å². The number of benzene rings is 1. The highest BCUT2D eigenvalue weighted by molar-refractivity contribution is 7.13. The van der Waals surface area contributed by atoms with Gasteiger partial charge in [0, 0.05) is 17.6 Å². The molecule has 0 bridgehead atoms. The lowest BCUT2D eigenvalue weighted by molar-refractivity contribution is -0.392. The second kappa shape index (κ2) is 3.24. The monoisotopic (exact) mass is 225 g/mol. The standard InChI is InChI=1S/C7H3N3O4S/c11-9(12)5-1-4-3-8-15-7(4)6(2-5)10(13)14/h1-3H. The third-order valence-electron chi connectivity index (χ3n) is 1.83. The van der Waals surface area contributed by atoms with Crippen molar-refractivity contribution in [1.29, 1.82) is 0 Å². The van der Waals surface area contributed by atoms with E-state index in [-0.39, 0.29) is 11.4 Å². The van der Waals surface area contributed by atoms with Gasteiger partial charge in [0.05, 0.1) is 15.9 Å². The number of hydrogen-bond acceptors (Lipinski definition) is 6. The predicted molar refractivity (Wildman–Crippen MR) is 52.9 cm³/mol. The first-order chi connectivity index (χ1) is 7.09. The molecule has 8 heteroatoms. The molecule has 0 aliphatic rings. The van der Waals surface area contributed by atoms with Crippen molar-refractivity contribution in [2.45, 2.75) is 0 Å². The van der Waals surface area contributed by atoms with Crippen LogP contribution in [0.4, 0.5) is 11.4 Å². The number of fused-ring (bicyclic) bond motifs is 1. The number of hydrogen-bond donors (Lipinski definition) is 0. The first-order valence-corrected chi connectivity index (χ1v) is 4.54. The maximum Gasteiger partial charge on any atom is 0.295 e. The minimum Gasteiger partial charge on any atom is -0.258 e. The summed E-state index contributed by atoms with van der Waals surface area (Å²) < 4.78 is 4.11. The van der Waals surface area contributed by atoms with E-state index in [0.29, 0.717) is 10.1 Å². The molecule has 2 rings (SSSR count). The fourth-order valence-electron chi connectivity index (χ4n) is 1.19. The summed E-state index contributed by atoms with van der Waals surface area (Å²) in [6.07, 6.45) is 1.38. The molecule has 0 radical (unpaired) electrons. The number of non-ortho nitro benzene ring substituents is 2. The highest BCUT2D eigenvalue weighted by Gasteiger charge is 2.20. The molecule has 76 valence electrons. The average molecular weight is 225 g/mol. The Morgan fingerprint density at radius 3 is 2.53 bits per heavy atom. The maximum atomic E-state index is 10.6. The molecular formula is C7H3N3O4S. The molecular weight excluding hydrogens is 222 g/mol. The molecule has 0 spiro atoms. The maximum absolute atomic E-state index is 10.6. The zero-order valence-corrected chi connectivity index (χ0v) is 7.93. The van der Waals surface area contributed by atoms with Crippen molar-refractivity contribution in [3.05, 3.63) is 38.6 Å². The summed E-state index contributed by atoms with van der Waals surface area (Å²) in [4.78, 5) is 19.8. The van der Waals surface area contributed by atoms with Crippen LogP contribution in [0.2, 0.25) is 0 Å². The van der Waals surface area contributed by atoms with E-state index in [2.05, 4.69) is 4.37 Å². The Hall–Kier alpha value is -2.09. The average Bonchev–Trinajstić information content (AvgIpc) is 2.62. The van der Waals surface area contributed by atoms with Crippen molar-refractivity contribution < 1.29 is 9.85 Å². The SMILES string of the molecule is O=[N+]([O-])c1cc([N+](=O)[O-])c2sncc2c1. The van der Waals surface area contributed by atoms with E-state index in [4.69, 9.17) is 0 Å². The molecule has 0 aliphatic heterocycles. The van der Waals surface area contributed by atoms with Crippen LogP contribution in [0, 0.1) is 20.2 Å². The molecule has 7 nitrogen and oxygen atoms in total. The highest BCUT2D eigenvalue weighted by Crippen LogP contribution is 2.32. The fraction of sp³-hybridized carbons (Fsp3) is 0. The third-order valence-corrected chi connectivity index (χ3v) is 2.66. The zero-order valence-electron chi connectivity index (χ0n) is 7.11. The van der Waals surface area contributed by atoms with Crippen LogP contribution in [-0.4, -0.2) is 14.2 Å². The Labute approximate surface area is 86.4 Å². The van der Waals surface area contributed by atoms with Crippen molar-refractivity contribution in [2.24, 2.45) is 0 Å². The lowest BCUT2D eigenvalue weighted by atomic mass is 10.2. The molecule has 0 saturated heterocycles. The molecule has 1 aromatic heterocycles. The normalized spacial score (nSPS) is 10.4. The molecule has 1 heterocycles. The molecule has 0 N–H and O–H groups in total. The first-order valence-electron chi connectivity index (χ1n) is 3.77. The molecule has 0 amide bonds. The van der Waals surface area contributed by atoms with E-state index >= 15 is 0 Å². The molecule has 0 atom stereocenters. The van der Waals surface area contributed by atoms with Crippen molar-refractivity contribution in [2.75, 3.05) is 0 Å². The number of nitro groups is 2. The van der Waals surface area contributed by atoms with E-state index in [0.717, 1.165) is 17.6 Å². The second-order valence-corrected chi connectivity index (χ2v) is 3.52. The first kappa shape index (κ1) is 9.46. The van der Waals surface area contributed by atoms with Gasteiger partial charge in [-0.25, -0.2) is 0 Å². The van der Waals surface area contributed by atoms with Crippen LogP contribution in [0.25, 0.3) is 10.1 Å². The Bertz CT molecular complexity index is 564. The van der Waals surface area contributed by atoms with E-state index in [1.807, 2.05) is 0 Å². The van der Waals surface area contributed by atoms with Crippen LogP contribution >= 0.6 is 11.5 Å². The van der Waals surface area contributed by atoms with Crippen molar-refractivity contribution >= 4 is 33.0 Å². The minimum atomic E-state index is -0.663. The number of nitro benzene ring substituents is 2. The summed E-state index contributed by atoms with van der Waals surface area (Å²) in [5.41, 5.74) is -0.573. The smallest absolute Gasteiger partial charge is 0.258 e. The number of aromatic nitrogens is 1. The Balaban J connectivity index is 2.80. The Morgan fingerprint density at radius 1 is 1.20 bits per heavy atom. The quantitative estimate of drug-likeness (QED) is 0.575. The van der Waals surface area contributed by atoms with E-state index in [1.165, 1.54) is 12.3 Å². The molecule has 0 unspecified atom stereocenters. The van der Waals surface area contributed by atoms with Gasteiger partial charge in [0.2, 0.25) is 0 Å². The van der Waals surface area contributed by atoms with Gasteiger partial charge in [-0.05, 0) is 11.5 Å². The second-order valence-electron chi connectivity index (χ2n) is 2.72. The van der Waals surface area contributed by atoms with Crippen LogP contribution in [-0.2, 0) is 0 Å². The van der Waals surface area contributed by atoms with Gasteiger partial charge in [-0.2, -0.15) is 4.37 Å². The molecule has 2 aromatic rings. The number of nitrogens with zero attached hydrogens (tertiary/aromatic N) is 3. The summed E-state index contributed by atoms with van der Waals surface area (Å²) in [6, 6.07) is 2.21. The summed E-state index contributed by atoms with van der Waals surface area (Å²) in [6.45, 7) is 0. The third kappa shape index (κ3) is 1.50. The Kier molecular flexibility index (Phi) is 2.05. The fourth-order valence-corrected chi connectivity index (χ4v) is 1.91. The van der Waals surface area contributed by atoms with Crippen molar-refractivity contribution in [1.82, 2.24) is 4.37 Å². The van der Waals surface area contributed by atoms with E-state index < -0.39 is 9.85 Å². The lowest BCUT2D eigenvalue weighted by Gasteiger charge is -1.93. The molecule has 0 saturated carbocycles. The van der Waals surface area contributed by atoms with Gasteiger partial charge < -0.3 is 0 Å². The summed E-state index contributed by atoms with van der Waals surface area (Å²) in [5.74, 6) is 0. The van der Waals surface area contributed by atoms with Gasteiger partial charge in [0.25, 0.3) is 11.4 Å². The van der Waals surface area contributed by atoms with Gasteiger partial charge >= 0.3 is 0 Å². The van der Waals surface area contributed by atoms with Crippen LogP contribution in [0.15, 0.2) is 18.3 Å². The van der Waals surface area contributed by atoms with Crippen LogP contribution < -0.4 is 0 Å². The van der Waals surface area contributed by atoms with Gasteiger partial charge in [-0.3, -0.25) is 20.2 Å². The van der Waals surface area contributed by atoms with Gasteiger partial charge in [0.1, 0.15) is 4.70 Å². The molecule has 15 heavy (non-hydrogen) atoms. The molecule has 0 fully saturated rings. The predicted octanol–water partition coefficient (Wildman–Crippen LogP) is 2.11.